The average Bonchev–Trinajstić information content (AvgIpc) is 3.06. The van der Waals surface area contributed by atoms with Crippen molar-refractivity contribution < 1.29 is 4.74 Å². The van der Waals surface area contributed by atoms with E-state index in [0.29, 0.717) is 18.2 Å². The van der Waals surface area contributed by atoms with E-state index in [1.165, 1.54) is 44.8 Å². The predicted molar refractivity (Wildman–Crippen MR) is 118 cm³/mol. The first kappa shape index (κ1) is 19.9. The summed E-state index contributed by atoms with van der Waals surface area (Å²) in [4.78, 5) is 11.6. The number of nitrogens with zero attached hydrogens (tertiary/aromatic N) is 4. The van der Waals surface area contributed by atoms with E-state index in [0.717, 1.165) is 23.5 Å². The number of fused-ring (bicyclic) bond motifs is 1. The molecule has 2 aromatic rings. The second-order valence-electron chi connectivity index (χ2n) is 10.0. The van der Waals surface area contributed by atoms with Crippen molar-refractivity contribution in [3.8, 4) is 0 Å². The van der Waals surface area contributed by atoms with Gasteiger partial charge in [-0.1, -0.05) is 19.6 Å². The maximum Gasteiger partial charge on any atom is 0.147 e. The van der Waals surface area contributed by atoms with Crippen LogP contribution in [0.1, 0.15) is 25.7 Å². The normalized spacial score (nSPS) is 19.9. The standard InChI is InChI=1S/C21H35N5OSi/c1-25(17-5-8-21(9-6-17)13-22-14-21)19-18-7-10-26(20(18)24-15-23-19)16-27-11-12-28(2,3)4/h7,10,15,17,22H,5-6,8-9,11-14,16H2,1-4H3. The molecule has 154 valence electrons. The fourth-order valence-electron chi connectivity index (χ4n) is 4.52. The lowest BCUT2D eigenvalue weighted by atomic mass is 9.68. The van der Waals surface area contributed by atoms with E-state index in [-0.39, 0.29) is 0 Å². The Bertz CT molecular complexity index is 801. The number of aromatic nitrogens is 3. The number of hydrogen-bond donors (Lipinski definition) is 1. The molecule has 1 aliphatic heterocycles. The van der Waals surface area contributed by atoms with Crippen LogP contribution in [0.25, 0.3) is 11.0 Å². The van der Waals surface area contributed by atoms with Gasteiger partial charge in [0, 0.05) is 47.1 Å². The van der Waals surface area contributed by atoms with Crippen LogP contribution in [0.15, 0.2) is 18.6 Å². The van der Waals surface area contributed by atoms with Gasteiger partial charge in [0.05, 0.1) is 5.39 Å². The van der Waals surface area contributed by atoms with E-state index in [9.17, 15) is 0 Å². The maximum absolute atomic E-state index is 5.94. The molecule has 0 unspecified atom stereocenters. The predicted octanol–water partition coefficient (Wildman–Crippen LogP) is 3.71. The van der Waals surface area contributed by atoms with E-state index in [1.54, 1.807) is 6.33 Å². The van der Waals surface area contributed by atoms with Gasteiger partial charge in [-0.2, -0.15) is 0 Å². The van der Waals surface area contributed by atoms with E-state index < -0.39 is 8.07 Å². The van der Waals surface area contributed by atoms with Crippen molar-refractivity contribution in [2.45, 2.75) is 64.1 Å². The van der Waals surface area contributed by atoms with Gasteiger partial charge >= 0.3 is 0 Å². The number of hydrogen-bond acceptors (Lipinski definition) is 5. The van der Waals surface area contributed by atoms with Gasteiger partial charge in [0.2, 0.25) is 0 Å². The molecule has 1 aliphatic carbocycles. The Morgan fingerprint density at radius 2 is 2.00 bits per heavy atom. The number of anilines is 1. The lowest BCUT2D eigenvalue weighted by Crippen LogP contribution is -2.56. The Hall–Kier alpha value is -1.44. The minimum Gasteiger partial charge on any atom is -0.361 e. The lowest BCUT2D eigenvalue weighted by Gasteiger charge is -2.49. The zero-order valence-corrected chi connectivity index (χ0v) is 18.9. The van der Waals surface area contributed by atoms with Crippen molar-refractivity contribution in [2.75, 3.05) is 31.6 Å². The van der Waals surface area contributed by atoms with Crippen LogP contribution in [0.5, 0.6) is 0 Å². The van der Waals surface area contributed by atoms with Gasteiger partial charge < -0.3 is 19.5 Å². The van der Waals surface area contributed by atoms with Gasteiger partial charge in [0.1, 0.15) is 24.5 Å². The molecule has 0 bridgehead atoms. The van der Waals surface area contributed by atoms with Gasteiger partial charge in [0.15, 0.2) is 0 Å². The molecule has 7 heteroatoms. The van der Waals surface area contributed by atoms with Crippen LogP contribution in [0.4, 0.5) is 5.82 Å². The minimum atomic E-state index is -1.06. The summed E-state index contributed by atoms with van der Waals surface area (Å²) in [6.07, 6.45) is 8.95. The zero-order chi connectivity index (χ0) is 19.8. The molecule has 0 amide bonds. The van der Waals surface area contributed by atoms with Crippen molar-refractivity contribution in [1.29, 1.82) is 0 Å². The third-order valence-corrected chi connectivity index (χ3v) is 8.36. The summed E-state index contributed by atoms with van der Waals surface area (Å²) in [6.45, 7) is 10.9. The van der Waals surface area contributed by atoms with Gasteiger partial charge in [-0.15, -0.1) is 0 Å². The number of ether oxygens (including phenoxy) is 1. The van der Waals surface area contributed by atoms with Crippen LogP contribution in [0.2, 0.25) is 25.7 Å². The molecular formula is C21H35N5OSi. The Labute approximate surface area is 169 Å². The van der Waals surface area contributed by atoms with Crippen molar-refractivity contribution in [1.82, 2.24) is 19.9 Å². The van der Waals surface area contributed by atoms with Gasteiger partial charge in [0.25, 0.3) is 0 Å². The Morgan fingerprint density at radius 3 is 2.64 bits per heavy atom. The largest absolute Gasteiger partial charge is 0.361 e. The van der Waals surface area contributed by atoms with E-state index in [4.69, 9.17) is 4.74 Å². The van der Waals surface area contributed by atoms with Crippen molar-refractivity contribution in [3.63, 3.8) is 0 Å². The molecule has 2 aliphatic rings. The molecule has 1 saturated heterocycles. The second-order valence-corrected chi connectivity index (χ2v) is 15.6. The third-order valence-electron chi connectivity index (χ3n) is 6.66. The summed E-state index contributed by atoms with van der Waals surface area (Å²) in [6, 6.07) is 3.90. The molecule has 0 atom stereocenters. The monoisotopic (exact) mass is 401 g/mol. The highest BCUT2D eigenvalue weighted by atomic mass is 28.3. The molecule has 3 heterocycles. The van der Waals surface area contributed by atoms with E-state index in [2.05, 4.69) is 63.7 Å². The van der Waals surface area contributed by atoms with Crippen LogP contribution in [0.3, 0.4) is 0 Å². The number of rotatable bonds is 7. The summed E-state index contributed by atoms with van der Waals surface area (Å²) in [5.74, 6) is 1.05. The lowest BCUT2D eigenvalue weighted by molar-refractivity contribution is 0.0899. The Balaban J connectivity index is 1.42. The van der Waals surface area contributed by atoms with Crippen molar-refractivity contribution in [2.24, 2.45) is 5.41 Å². The molecule has 6 nitrogen and oxygen atoms in total. The highest BCUT2D eigenvalue weighted by Gasteiger charge is 2.41. The Kier molecular flexibility index (Phi) is 5.50. The molecule has 4 rings (SSSR count). The fraction of sp³-hybridized carbons (Fsp3) is 0.714. The average molecular weight is 402 g/mol. The second kappa shape index (κ2) is 7.76. The van der Waals surface area contributed by atoms with E-state index in [1.807, 2.05) is 0 Å². The van der Waals surface area contributed by atoms with Crippen molar-refractivity contribution in [3.05, 3.63) is 18.6 Å². The number of nitrogens with one attached hydrogen (secondary N) is 1. The first-order valence-corrected chi connectivity index (χ1v) is 14.4. The smallest absolute Gasteiger partial charge is 0.147 e. The molecule has 2 aromatic heterocycles. The van der Waals surface area contributed by atoms with Gasteiger partial charge in [-0.3, -0.25) is 0 Å². The molecule has 1 saturated carbocycles. The first-order valence-electron chi connectivity index (χ1n) is 10.7. The van der Waals surface area contributed by atoms with Crippen LogP contribution in [-0.2, 0) is 11.5 Å². The highest BCUT2D eigenvalue weighted by molar-refractivity contribution is 6.76. The topological polar surface area (TPSA) is 55.2 Å². The molecule has 28 heavy (non-hydrogen) atoms. The zero-order valence-electron chi connectivity index (χ0n) is 17.9. The summed E-state index contributed by atoms with van der Waals surface area (Å²) in [5.41, 5.74) is 1.56. The highest BCUT2D eigenvalue weighted by Crippen LogP contribution is 2.41. The summed E-state index contributed by atoms with van der Waals surface area (Å²) in [5, 5.41) is 4.59. The van der Waals surface area contributed by atoms with E-state index >= 15 is 0 Å². The molecule has 0 radical (unpaired) electrons. The minimum absolute atomic E-state index is 0.563. The van der Waals surface area contributed by atoms with Crippen LogP contribution >= 0.6 is 0 Å². The Morgan fingerprint density at radius 1 is 1.25 bits per heavy atom. The third kappa shape index (κ3) is 4.11. The van der Waals surface area contributed by atoms with Gasteiger partial charge in [-0.25, -0.2) is 9.97 Å². The SMILES string of the molecule is CN(c1ncnc2c1ccn2COCC[Si](C)(C)C)C1CCC2(CC1)CNC2. The first-order chi connectivity index (χ1) is 13.4. The molecule has 0 aromatic carbocycles. The molecule has 1 spiro atoms. The summed E-state index contributed by atoms with van der Waals surface area (Å²) < 4.78 is 8.04. The quantitative estimate of drug-likeness (QED) is 0.566. The van der Waals surface area contributed by atoms with Gasteiger partial charge in [-0.05, 0) is 43.2 Å². The molecular weight excluding hydrogens is 366 g/mol. The summed E-state index contributed by atoms with van der Waals surface area (Å²) in [7, 11) is 1.14. The fourth-order valence-corrected chi connectivity index (χ4v) is 5.28. The van der Waals surface area contributed by atoms with Crippen molar-refractivity contribution >= 4 is 24.9 Å². The van der Waals surface area contributed by atoms with Crippen LogP contribution in [0, 0.1) is 5.41 Å². The summed E-state index contributed by atoms with van der Waals surface area (Å²) >= 11 is 0. The molecule has 1 N–H and O–H groups in total. The maximum atomic E-state index is 5.94. The van der Waals surface area contributed by atoms with Crippen LogP contribution < -0.4 is 10.2 Å². The molecule has 2 fully saturated rings. The van der Waals surface area contributed by atoms with Crippen LogP contribution in [-0.4, -0.2) is 55.4 Å².